The van der Waals surface area contributed by atoms with Crippen molar-refractivity contribution in [2.75, 3.05) is 18.5 Å². The molecule has 2 aromatic carbocycles. The zero-order valence-corrected chi connectivity index (χ0v) is 16.3. The number of carbonyl (C=O) groups excluding carboxylic acids is 1. The van der Waals surface area contributed by atoms with Crippen LogP contribution in [0.4, 0.5) is 9.52 Å². The average Bonchev–Trinajstić information content (AvgIpc) is 3.10. The summed E-state index contributed by atoms with van der Waals surface area (Å²) in [4.78, 5) is 17.6. The van der Waals surface area contributed by atoms with Gasteiger partial charge in [-0.15, -0.1) is 11.3 Å². The Morgan fingerprint density at radius 3 is 2.79 bits per heavy atom. The first-order chi connectivity index (χ1) is 13.6. The Hall–Kier alpha value is -2.64. The number of aromatic nitrogens is 1. The molecule has 4 rings (SSSR count). The van der Waals surface area contributed by atoms with Crippen LogP contribution in [0.1, 0.15) is 16.0 Å². The van der Waals surface area contributed by atoms with Crippen LogP contribution in [-0.4, -0.2) is 24.1 Å². The van der Waals surface area contributed by atoms with Crippen molar-refractivity contribution in [1.82, 2.24) is 4.98 Å². The number of hydrogen-bond acceptors (Lipinski definition) is 5. The van der Waals surface area contributed by atoms with E-state index in [9.17, 15) is 9.18 Å². The highest BCUT2D eigenvalue weighted by atomic mass is 35.5. The van der Waals surface area contributed by atoms with Crippen LogP contribution in [-0.2, 0) is 17.6 Å². The third kappa shape index (κ3) is 4.43. The lowest BCUT2D eigenvalue weighted by atomic mass is 10.1. The van der Waals surface area contributed by atoms with Crippen molar-refractivity contribution < 1.29 is 18.7 Å². The predicted octanol–water partition coefficient (Wildman–Crippen LogP) is 4.48. The molecular weight excluding hydrogens is 403 g/mol. The normalized spacial score (nSPS) is 12.6. The summed E-state index contributed by atoms with van der Waals surface area (Å²) in [6.07, 6.45) is 2.49. The van der Waals surface area contributed by atoms with Gasteiger partial charge in [-0.05, 0) is 35.4 Å². The lowest BCUT2D eigenvalue weighted by Crippen LogP contribution is -2.17. The Balaban J connectivity index is 1.38. The van der Waals surface area contributed by atoms with Gasteiger partial charge in [0.25, 0.3) is 0 Å². The summed E-state index contributed by atoms with van der Waals surface area (Å²) in [7, 11) is 0. The fourth-order valence-corrected chi connectivity index (χ4v) is 4.02. The molecule has 1 aliphatic heterocycles. The quantitative estimate of drug-likeness (QED) is 0.663. The van der Waals surface area contributed by atoms with Crippen LogP contribution in [0.3, 0.4) is 0 Å². The van der Waals surface area contributed by atoms with Crippen LogP contribution in [0.5, 0.6) is 11.5 Å². The zero-order valence-electron chi connectivity index (χ0n) is 14.7. The summed E-state index contributed by atoms with van der Waals surface area (Å²) in [6, 6.07) is 9.80. The lowest BCUT2D eigenvalue weighted by molar-refractivity contribution is -0.115. The van der Waals surface area contributed by atoms with E-state index in [1.165, 1.54) is 23.5 Å². The third-order valence-corrected chi connectivity index (χ3v) is 5.31. The summed E-state index contributed by atoms with van der Waals surface area (Å²) in [5.74, 6) is 0.607. The second kappa shape index (κ2) is 8.16. The standard InChI is InChI=1S/C20H16ClFN2O3S/c21-16-8-13(9-17-19(16)27-6-5-26-17)10-18(25)24-20-23-11-15(28-20)7-12-1-3-14(22)4-2-12/h1-4,8-9,11H,5-7,10H2,(H,23,24,25). The first-order valence-electron chi connectivity index (χ1n) is 8.64. The van der Waals surface area contributed by atoms with E-state index < -0.39 is 0 Å². The number of benzene rings is 2. The molecule has 0 unspecified atom stereocenters. The van der Waals surface area contributed by atoms with Gasteiger partial charge in [0.2, 0.25) is 5.91 Å². The molecule has 5 nitrogen and oxygen atoms in total. The van der Waals surface area contributed by atoms with Crippen molar-refractivity contribution in [3.63, 3.8) is 0 Å². The van der Waals surface area contributed by atoms with Crippen molar-refractivity contribution in [1.29, 1.82) is 0 Å². The first-order valence-corrected chi connectivity index (χ1v) is 9.83. The molecule has 0 saturated heterocycles. The summed E-state index contributed by atoms with van der Waals surface area (Å²) >= 11 is 7.60. The number of thiazole rings is 1. The molecule has 1 N–H and O–H groups in total. The molecule has 1 aromatic heterocycles. The molecule has 0 spiro atoms. The Morgan fingerprint density at radius 2 is 1.96 bits per heavy atom. The number of amides is 1. The molecule has 0 atom stereocenters. The largest absolute Gasteiger partial charge is 0.486 e. The van der Waals surface area contributed by atoms with Crippen LogP contribution >= 0.6 is 22.9 Å². The van der Waals surface area contributed by atoms with E-state index in [2.05, 4.69) is 10.3 Å². The number of nitrogens with one attached hydrogen (secondary N) is 1. The highest BCUT2D eigenvalue weighted by Crippen LogP contribution is 2.38. The number of fused-ring (bicyclic) bond motifs is 1. The van der Waals surface area contributed by atoms with E-state index in [0.717, 1.165) is 16.0 Å². The van der Waals surface area contributed by atoms with Gasteiger partial charge in [0.15, 0.2) is 16.6 Å². The van der Waals surface area contributed by atoms with Crippen LogP contribution in [0, 0.1) is 5.82 Å². The number of anilines is 1. The molecule has 8 heteroatoms. The molecule has 1 aliphatic rings. The van der Waals surface area contributed by atoms with Crippen LogP contribution in [0.2, 0.25) is 5.02 Å². The maximum Gasteiger partial charge on any atom is 0.230 e. The third-order valence-electron chi connectivity index (χ3n) is 4.11. The summed E-state index contributed by atoms with van der Waals surface area (Å²) < 4.78 is 24.0. The SMILES string of the molecule is O=C(Cc1cc(Cl)c2c(c1)OCCO2)Nc1ncc(Cc2ccc(F)cc2)s1. The number of hydrogen-bond donors (Lipinski definition) is 1. The van der Waals surface area contributed by atoms with Crippen LogP contribution in [0.15, 0.2) is 42.6 Å². The van der Waals surface area contributed by atoms with E-state index in [1.54, 1.807) is 30.5 Å². The van der Waals surface area contributed by atoms with Crippen LogP contribution < -0.4 is 14.8 Å². The smallest absolute Gasteiger partial charge is 0.230 e. The highest BCUT2D eigenvalue weighted by Gasteiger charge is 2.18. The maximum atomic E-state index is 13.0. The van der Waals surface area contributed by atoms with E-state index in [0.29, 0.717) is 41.3 Å². The molecule has 0 saturated carbocycles. The van der Waals surface area contributed by atoms with Crippen molar-refractivity contribution in [2.45, 2.75) is 12.8 Å². The maximum absolute atomic E-state index is 13.0. The molecule has 0 bridgehead atoms. The summed E-state index contributed by atoms with van der Waals surface area (Å²) in [5, 5.41) is 3.74. The molecule has 0 fully saturated rings. The lowest BCUT2D eigenvalue weighted by Gasteiger charge is -2.20. The fraction of sp³-hybridized carbons (Fsp3) is 0.200. The summed E-state index contributed by atoms with van der Waals surface area (Å²) in [5.41, 5.74) is 1.71. The van der Waals surface area contributed by atoms with E-state index in [1.807, 2.05) is 0 Å². The first kappa shape index (κ1) is 18.7. The van der Waals surface area contributed by atoms with Crippen molar-refractivity contribution in [2.24, 2.45) is 0 Å². The highest BCUT2D eigenvalue weighted by molar-refractivity contribution is 7.15. The monoisotopic (exact) mass is 418 g/mol. The minimum absolute atomic E-state index is 0.142. The van der Waals surface area contributed by atoms with Gasteiger partial charge in [-0.2, -0.15) is 0 Å². The van der Waals surface area contributed by atoms with Gasteiger partial charge < -0.3 is 14.8 Å². The molecule has 0 aliphatic carbocycles. The minimum Gasteiger partial charge on any atom is -0.486 e. The number of ether oxygens (including phenoxy) is 2. The zero-order chi connectivity index (χ0) is 19.5. The molecule has 2 heterocycles. The molecule has 28 heavy (non-hydrogen) atoms. The van der Waals surface area contributed by atoms with Gasteiger partial charge >= 0.3 is 0 Å². The van der Waals surface area contributed by atoms with E-state index in [4.69, 9.17) is 21.1 Å². The predicted molar refractivity (Wildman–Crippen MR) is 106 cm³/mol. The Morgan fingerprint density at radius 1 is 1.18 bits per heavy atom. The number of nitrogens with zero attached hydrogens (tertiary/aromatic N) is 1. The Labute approximate surface area is 170 Å². The minimum atomic E-state index is -0.264. The van der Waals surface area contributed by atoms with Gasteiger partial charge in [0.05, 0.1) is 11.4 Å². The number of halogens is 2. The second-order valence-electron chi connectivity index (χ2n) is 6.26. The topological polar surface area (TPSA) is 60.5 Å². The van der Waals surface area contributed by atoms with Crippen molar-refractivity contribution >= 4 is 34.0 Å². The van der Waals surface area contributed by atoms with Gasteiger partial charge in [-0.25, -0.2) is 9.37 Å². The van der Waals surface area contributed by atoms with Crippen molar-refractivity contribution in [3.05, 3.63) is 69.4 Å². The van der Waals surface area contributed by atoms with Gasteiger partial charge in [0, 0.05) is 17.5 Å². The van der Waals surface area contributed by atoms with Gasteiger partial charge in [-0.3, -0.25) is 4.79 Å². The fourth-order valence-electron chi connectivity index (χ4n) is 2.87. The molecule has 1 amide bonds. The average molecular weight is 419 g/mol. The van der Waals surface area contributed by atoms with Crippen molar-refractivity contribution in [3.8, 4) is 11.5 Å². The number of rotatable bonds is 5. The summed E-state index contributed by atoms with van der Waals surface area (Å²) in [6.45, 7) is 0.909. The molecule has 3 aromatic rings. The molecule has 144 valence electrons. The Bertz CT molecular complexity index is 1010. The van der Waals surface area contributed by atoms with Crippen LogP contribution in [0.25, 0.3) is 0 Å². The van der Waals surface area contributed by atoms with E-state index in [-0.39, 0.29) is 18.1 Å². The Kier molecular flexibility index (Phi) is 5.45. The molecular formula is C20H16ClFN2O3S. The second-order valence-corrected chi connectivity index (χ2v) is 7.78. The van der Waals surface area contributed by atoms with Gasteiger partial charge in [0.1, 0.15) is 19.0 Å². The molecule has 0 radical (unpaired) electrons. The number of carbonyl (C=O) groups is 1. The van der Waals surface area contributed by atoms with Gasteiger partial charge in [-0.1, -0.05) is 23.7 Å². The van der Waals surface area contributed by atoms with E-state index >= 15 is 0 Å².